The van der Waals surface area contributed by atoms with Crippen LogP contribution in [0.3, 0.4) is 0 Å². The Morgan fingerprint density at radius 1 is 1.44 bits per heavy atom. The third kappa shape index (κ3) is 3.05. The number of hydrogen-bond donors (Lipinski definition) is 1. The van der Waals surface area contributed by atoms with Crippen molar-refractivity contribution in [2.24, 2.45) is 5.92 Å². The van der Waals surface area contributed by atoms with Crippen molar-refractivity contribution in [3.8, 4) is 0 Å². The first-order valence-electron chi connectivity index (χ1n) is 5.42. The largest absolute Gasteiger partial charge is 0.481 e. The minimum atomic E-state index is -0.796. The van der Waals surface area contributed by atoms with Gasteiger partial charge in [-0.2, -0.15) is 0 Å². The van der Waals surface area contributed by atoms with Gasteiger partial charge in [-0.25, -0.2) is 0 Å². The van der Waals surface area contributed by atoms with Gasteiger partial charge in [0.25, 0.3) is 0 Å². The highest BCUT2D eigenvalue weighted by molar-refractivity contribution is 5.70. The summed E-state index contributed by atoms with van der Waals surface area (Å²) in [5, 5.41) is 8.85. The van der Waals surface area contributed by atoms with Crippen molar-refractivity contribution < 1.29 is 14.3 Å². The number of halogens is 1. The molecular weight excluding hydrogens is 207 g/mol. The number of aryl methyl sites for hydroxylation is 1. The predicted molar refractivity (Wildman–Crippen MR) is 61.4 cm³/mol. The maximum absolute atomic E-state index is 12.3. The van der Waals surface area contributed by atoms with Crippen LogP contribution >= 0.6 is 0 Å². The van der Waals surface area contributed by atoms with Gasteiger partial charge in [-0.05, 0) is 30.0 Å². The first-order valence-corrected chi connectivity index (χ1v) is 5.42. The maximum Gasteiger partial charge on any atom is 0.306 e. The molecule has 1 atom stereocenters. The lowest BCUT2D eigenvalue weighted by Crippen LogP contribution is -2.13. The highest BCUT2D eigenvalue weighted by atomic mass is 19.1. The van der Waals surface area contributed by atoms with Crippen LogP contribution < -0.4 is 0 Å². The molecule has 1 unspecified atom stereocenters. The molecule has 0 aliphatic rings. The average molecular weight is 224 g/mol. The highest BCUT2D eigenvalue weighted by Gasteiger charge is 2.13. The lowest BCUT2D eigenvalue weighted by molar-refractivity contribution is -0.141. The lowest BCUT2D eigenvalue weighted by atomic mass is 9.93. The quantitative estimate of drug-likeness (QED) is 0.835. The Labute approximate surface area is 95.1 Å². The molecule has 0 aliphatic heterocycles. The van der Waals surface area contributed by atoms with Crippen molar-refractivity contribution in [2.45, 2.75) is 26.7 Å². The van der Waals surface area contributed by atoms with E-state index in [1.165, 1.54) is 0 Å². The molecule has 16 heavy (non-hydrogen) atoms. The van der Waals surface area contributed by atoms with Crippen LogP contribution in [-0.4, -0.2) is 17.8 Å². The van der Waals surface area contributed by atoms with E-state index in [1.54, 1.807) is 6.92 Å². The van der Waals surface area contributed by atoms with Crippen LogP contribution in [0.15, 0.2) is 18.2 Å². The van der Waals surface area contributed by atoms with Crippen LogP contribution in [0.2, 0.25) is 0 Å². The molecule has 0 fully saturated rings. The van der Waals surface area contributed by atoms with E-state index >= 15 is 0 Å². The van der Waals surface area contributed by atoms with Crippen LogP contribution in [0.4, 0.5) is 4.39 Å². The van der Waals surface area contributed by atoms with E-state index in [0.29, 0.717) is 12.8 Å². The Morgan fingerprint density at radius 2 is 2.06 bits per heavy atom. The van der Waals surface area contributed by atoms with Crippen LogP contribution in [0.5, 0.6) is 0 Å². The molecular formula is C13H17FO2. The van der Waals surface area contributed by atoms with E-state index in [1.807, 2.05) is 25.1 Å². The zero-order valence-electron chi connectivity index (χ0n) is 9.66. The Kier molecular flexibility index (Phi) is 4.47. The molecule has 0 saturated carbocycles. The Balaban J connectivity index is 2.88. The van der Waals surface area contributed by atoms with Gasteiger partial charge in [0.05, 0.1) is 12.6 Å². The van der Waals surface area contributed by atoms with Gasteiger partial charge in [-0.1, -0.05) is 25.1 Å². The van der Waals surface area contributed by atoms with Crippen LogP contribution in [0, 0.1) is 12.8 Å². The van der Waals surface area contributed by atoms with Crippen molar-refractivity contribution in [2.75, 3.05) is 6.67 Å². The van der Waals surface area contributed by atoms with E-state index in [2.05, 4.69) is 0 Å². The normalized spacial score (nSPS) is 12.4. The molecule has 0 bridgehead atoms. The van der Waals surface area contributed by atoms with Crippen LogP contribution in [0.1, 0.15) is 23.6 Å². The third-order valence-electron chi connectivity index (χ3n) is 2.87. The molecule has 3 heteroatoms. The lowest BCUT2D eigenvalue weighted by Gasteiger charge is -2.12. The molecule has 0 aliphatic carbocycles. The molecule has 0 radical (unpaired) electrons. The van der Waals surface area contributed by atoms with E-state index in [9.17, 15) is 9.18 Å². The summed E-state index contributed by atoms with van der Waals surface area (Å²) in [4.78, 5) is 10.8. The molecule has 0 aromatic heterocycles. The second kappa shape index (κ2) is 5.64. The molecule has 2 nitrogen and oxygen atoms in total. The highest BCUT2D eigenvalue weighted by Crippen LogP contribution is 2.18. The van der Waals surface area contributed by atoms with Gasteiger partial charge < -0.3 is 5.11 Å². The fraction of sp³-hybridized carbons (Fsp3) is 0.462. The molecule has 0 saturated heterocycles. The number of carboxylic acid groups (broad SMARTS) is 1. The minimum absolute atomic E-state index is 0.376. The number of rotatable bonds is 5. The standard InChI is InChI=1S/C13H17FO2/c1-9(13(15)16)8-12-5-3-4-11(6-7-14)10(12)2/h3-5,9H,6-8H2,1-2H3,(H,15,16). The summed E-state index contributed by atoms with van der Waals surface area (Å²) < 4.78 is 12.3. The Hall–Kier alpha value is -1.38. The first kappa shape index (κ1) is 12.7. The number of hydrogen-bond acceptors (Lipinski definition) is 1. The van der Waals surface area contributed by atoms with Gasteiger partial charge in [-0.15, -0.1) is 0 Å². The van der Waals surface area contributed by atoms with Gasteiger partial charge in [0.1, 0.15) is 0 Å². The summed E-state index contributed by atoms with van der Waals surface area (Å²) in [5.74, 6) is -1.20. The second-order valence-electron chi connectivity index (χ2n) is 4.08. The fourth-order valence-corrected chi connectivity index (χ4v) is 1.75. The van der Waals surface area contributed by atoms with Gasteiger partial charge >= 0.3 is 5.97 Å². The topological polar surface area (TPSA) is 37.3 Å². The van der Waals surface area contributed by atoms with Gasteiger partial charge in [0.15, 0.2) is 0 Å². The van der Waals surface area contributed by atoms with E-state index in [-0.39, 0.29) is 6.67 Å². The van der Waals surface area contributed by atoms with Crippen molar-refractivity contribution in [1.82, 2.24) is 0 Å². The smallest absolute Gasteiger partial charge is 0.306 e. The molecule has 1 rings (SSSR count). The molecule has 1 N–H and O–H groups in total. The summed E-state index contributed by atoms with van der Waals surface area (Å²) in [7, 11) is 0. The van der Waals surface area contributed by atoms with Crippen molar-refractivity contribution in [1.29, 1.82) is 0 Å². The summed E-state index contributed by atoms with van der Waals surface area (Å²) >= 11 is 0. The summed E-state index contributed by atoms with van der Waals surface area (Å²) in [6, 6.07) is 5.67. The van der Waals surface area contributed by atoms with Crippen LogP contribution in [-0.2, 0) is 17.6 Å². The van der Waals surface area contributed by atoms with Crippen molar-refractivity contribution in [3.63, 3.8) is 0 Å². The van der Waals surface area contributed by atoms with Crippen molar-refractivity contribution in [3.05, 3.63) is 34.9 Å². The molecule has 0 spiro atoms. The Morgan fingerprint density at radius 3 is 2.62 bits per heavy atom. The SMILES string of the molecule is Cc1c(CCF)cccc1CC(C)C(=O)O. The first-order chi connectivity index (χ1) is 7.56. The Bertz CT molecular complexity index is 374. The molecule has 88 valence electrons. The summed E-state index contributed by atoms with van der Waals surface area (Å²) in [5.41, 5.74) is 2.99. The third-order valence-corrected chi connectivity index (χ3v) is 2.87. The molecule has 0 heterocycles. The van der Waals surface area contributed by atoms with E-state index in [4.69, 9.17) is 5.11 Å². The summed E-state index contributed by atoms with van der Waals surface area (Å²) in [6.45, 7) is 3.23. The zero-order chi connectivity index (χ0) is 12.1. The minimum Gasteiger partial charge on any atom is -0.481 e. The average Bonchev–Trinajstić information content (AvgIpc) is 2.24. The summed E-state index contributed by atoms with van der Waals surface area (Å²) in [6.07, 6.45) is 0.905. The van der Waals surface area contributed by atoms with E-state index < -0.39 is 11.9 Å². The van der Waals surface area contributed by atoms with Gasteiger partial charge in [0, 0.05) is 6.42 Å². The molecule has 0 amide bonds. The number of carboxylic acids is 1. The number of benzene rings is 1. The predicted octanol–water partition coefficient (Wildman–Crippen LogP) is 2.77. The number of carbonyl (C=O) groups is 1. The second-order valence-corrected chi connectivity index (χ2v) is 4.08. The van der Waals surface area contributed by atoms with Crippen molar-refractivity contribution >= 4 is 5.97 Å². The van der Waals surface area contributed by atoms with Crippen LogP contribution in [0.25, 0.3) is 0 Å². The van der Waals surface area contributed by atoms with Gasteiger partial charge in [0.2, 0.25) is 0 Å². The number of aliphatic carboxylic acids is 1. The molecule has 1 aromatic rings. The zero-order valence-corrected chi connectivity index (χ0v) is 9.66. The molecule has 1 aromatic carbocycles. The maximum atomic E-state index is 12.3. The monoisotopic (exact) mass is 224 g/mol. The van der Waals surface area contributed by atoms with Gasteiger partial charge in [-0.3, -0.25) is 9.18 Å². The van der Waals surface area contributed by atoms with E-state index in [0.717, 1.165) is 16.7 Å². The number of alkyl halides is 1. The fourth-order valence-electron chi connectivity index (χ4n) is 1.75.